The van der Waals surface area contributed by atoms with E-state index in [9.17, 15) is 4.79 Å². The molecule has 22 heavy (non-hydrogen) atoms. The number of carbonyl (C=O) groups excluding carboxylic acids is 1. The lowest BCUT2D eigenvalue weighted by Gasteiger charge is -2.08. The standard InChI is InChI=1S/C19H23NO2/c1-2-16-10-6-12-18(14-16)22-15-19(21)20-13-7-11-17-8-4-3-5-9-17/h3-6,8-10,12,14H,2,7,11,13,15H2,1H3,(H,20,21). The molecule has 3 heteroatoms. The number of rotatable bonds is 8. The Balaban J connectivity index is 1.63. The monoisotopic (exact) mass is 297 g/mol. The summed E-state index contributed by atoms with van der Waals surface area (Å²) in [6.45, 7) is 2.84. The summed E-state index contributed by atoms with van der Waals surface area (Å²) in [5, 5.41) is 2.89. The molecule has 0 unspecified atom stereocenters. The molecule has 0 saturated carbocycles. The van der Waals surface area contributed by atoms with Crippen molar-refractivity contribution in [2.24, 2.45) is 0 Å². The molecule has 2 aromatic rings. The number of nitrogens with one attached hydrogen (secondary N) is 1. The molecule has 1 N–H and O–H groups in total. The predicted octanol–water partition coefficient (Wildman–Crippen LogP) is 3.38. The normalized spacial score (nSPS) is 10.2. The van der Waals surface area contributed by atoms with Crippen LogP contribution in [0.5, 0.6) is 5.75 Å². The number of hydrogen-bond donors (Lipinski definition) is 1. The van der Waals surface area contributed by atoms with Crippen molar-refractivity contribution < 1.29 is 9.53 Å². The number of aryl methyl sites for hydroxylation is 2. The van der Waals surface area contributed by atoms with Crippen LogP contribution in [0.15, 0.2) is 54.6 Å². The lowest BCUT2D eigenvalue weighted by molar-refractivity contribution is -0.123. The molecule has 1 amide bonds. The smallest absolute Gasteiger partial charge is 0.257 e. The summed E-state index contributed by atoms with van der Waals surface area (Å²) in [5.41, 5.74) is 2.50. The molecule has 0 aromatic heterocycles. The number of carbonyl (C=O) groups is 1. The number of amides is 1. The second-order valence-corrected chi connectivity index (χ2v) is 5.23. The SMILES string of the molecule is CCc1cccc(OCC(=O)NCCCc2ccccc2)c1. The maximum absolute atomic E-state index is 11.7. The Kier molecular flexibility index (Phi) is 6.49. The predicted molar refractivity (Wildman–Crippen MR) is 89.1 cm³/mol. The summed E-state index contributed by atoms with van der Waals surface area (Å²) < 4.78 is 5.51. The van der Waals surface area contributed by atoms with Gasteiger partial charge < -0.3 is 10.1 Å². The lowest BCUT2D eigenvalue weighted by atomic mass is 10.1. The van der Waals surface area contributed by atoms with Crippen LogP contribution in [0.2, 0.25) is 0 Å². The minimum atomic E-state index is -0.0741. The average Bonchev–Trinajstić information content (AvgIpc) is 2.58. The first kappa shape index (κ1) is 16.1. The largest absolute Gasteiger partial charge is 0.484 e. The molecule has 116 valence electrons. The maximum atomic E-state index is 11.7. The Hall–Kier alpha value is -2.29. The summed E-state index contributed by atoms with van der Waals surface area (Å²) in [5.74, 6) is 0.675. The van der Waals surface area contributed by atoms with Crippen LogP contribution in [0.25, 0.3) is 0 Å². The Morgan fingerprint density at radius 3 is 2.59 bits per heavy atom. The van der Waals surface area contributed by atoms with E-state index in [4.69, 9.17) is 4.74 Å². The van der Waals surface area contributed by atoms with Crippen LogP contribution in [0, 0.1) is 0 Å². The highest BCUT2D eigenvalue weighted by Gasteiger charge is 2.02. The molecule has 3 nitrogen and oxygen atoms in total. The van der Waals surface area contributed by atoms with E-state index in [-0.39, 0.29) is 12.5 Å². The molecule has 0 aliphatic rings. The van der Waals surface area contributed by atoms with Crippen LogP contribution < -0.4 is 10.1 Å². The molecule has 0 radical (unpaired) electrons. The van der Waals surface area contributed by atoms with Gasteiger partial charge >= 0.3 is 0 Å². The maximum Gasteiger partial charge on any atom is 0.257 e. The molecular weight excluding hydrogens is 274 g/mol. The molecular formula is C19H23NO2. The minimum absolute atomic E-state index is 0.0680. The van der Waals surface area contributed by atoms with Crippen LogP contribution >= 0.6 is 0 Å². The van der Waals surface area contributed by atoms with Gasteiger partial charge in [-0.05, 0) is 42.5 Å². The first-order valence-electron chi connectivity index (χ1n) is 7.80. The van der Waals surface area contributed by atoms with Crippen molar-refractivity contribution in [2.45, 2.75) is 26.2 Å². The van der Waals surface area contributed by atoms with Crippen molar-refractivity contribution in [1.82, 2.24) is 5.32 Å². The van der Waals surface area contributed by atoms with Gasteiger partial charge in [0.2, 0.25) is 0 Å². The summed E-state index contributed by atoms with van der Waals surface area (Å²) >= 11 is 0. The van der Waals surface area contributed by atoms with Gasteiger partial charge in [-0.15, -0.1) is 0 Å². The van der Waals surface area contributed by atoms with E-state index in [1.54, 1.807) is 0 Å². The van der Waals surface area contributed by atoms with Gasteiger partial charge in [0.25, 0.3) is 5.91 Å². The van der Waals surface area contributed by atoms with Gasteiger partial charge in [-0.3, -0.25) is 4.79 Å². The van der Waals surface area contributed by atoms with E-state index < -0.39 is 0 Å². The molecule has 0 heterocycles. The highest BCUT2D eigenvalue weighted by atomic mass is 16.5. The zero-order valence-corrected chi connectivity index (χ0v) is 13.0. The van der Waals surface area contributed by atoms with Crippen LogP contribution in [-0.4, -0.2) is 19.1 Å². The van der Waals surface area contributed by atoms with Crippen LogP contribution in [-0.2, 0) is 17.6 Å². The first-order valence-corrected chi connectivity index (χ1v) is 7.80. The highest BCUT2D eigenvalue weighted by molar-refractivity contribution is 5.77. The second-order valence-electron chi connectivity index (χ2n) is 5.23. The Morgan fingerprint density at radius 1 is 1.05 bits per heavy atom. The Bertz CT molecular complexity index is 581. The van der Waals surface area contributed by atoms with Crippen molar-refractivity contribution in [2.75, 3.05) is 13.2 Å². The summed E-state index contributed by atoms with van der Waals surface area (Å²) in [6.07, 6.45) is 2.87. The van der Waals surface area contributed by atoms with E-state index in [0.29, 0.717) is 6.54 Å². The summed E-state index contributed by atoms with van der Waals surface area (Å²) in [7, 11) is 0. The van der Waals surface area contributed by atoms with Crippen LogP contribution in [0.4, 0.5) is 0 Å². The minimum Gasteiger partial charge on any atom is -0.484 e. The highest BCUT2D eigenvalue weighted by Crippen LogP contribution is 2.13. The molecule has 0 spiro atoms. The van der Waals surface area contributed by atoms with Crippen molar-refractivity contribution in [3.63, 3.8) is 0 Å². The van der Waals surface area contributed by atoms with Gasteiger partial charge in [0.1, 0.15) is 5.75 Å². The van der Waals surface area contributed by atoms with Crippen molar-refractivity contribution in [3.8, 4) is 5.75 Å². The molecule has 2 rings (SSSR count). The number of hydrogen-bond acceptors (Lipinski definition) is 2. The molecule has 2 aromatic carbocycles. The van der Waals surface area contributed by atoms with Crippen LogP contribution in [0.1, 0.15) is 24.5 Å². The average molecular weight is 297 g/mol. The van der Waals surface area contributed by atoms with E-state index >= 15 is 0 Å². The Labute approximate surface area is 132 Å². The third kappa shape index (κ3) is 5.60. The third-order valence-corrected chi connectivity index (χ3v) is 3.48. The van der Waals surface area contributed by atoms with Gasteiger partial charge in [0.05, 0.1) is 0 Å². The zero-order valence-electron chi connectivity index (χ0n) is 13.0. The van der Waals surface area contributed by atoms with E-state index in [1.165, 1.54) is 11.1 Å². The first-order chi connectivity index (χ1) is 10.8. The fraction of sp³-hybridized carbons (Fsp3) is 0.316. The number of ether oxygens (including phenoxy) is 1. The molecule has 0 aliphatic carbocycles. The quantitative estimate of drug-likeness (QED) is 0.759. The van der Waals surface area contributed by atoms with Crippen molar-refractivity contribution in [1.29, 1.82) is 0 Å². The van der Waals surface area contributed by atoms with Gasteiger partial charge in [-0.2, -0.15) is 0 Å². The number of benzene rings is 2. The fourth-order valence-corrected chi connectivity index (χ4v) is 2.22. The van der Waals surface area contributed by atoms with Gasteiger partial charge in [0, 0.05) is 6.54 Å². The Morgan fingerprint density at radius 2 is 1.82 bits per heavy atom. The molecule has 0 aliphatic heterocycles. The summed E-state index contributed by atoms with van der Waals surface area (Å²) in [6, 6.07) is 18.1. The zero-order chi connectivity index (χ0) is 15.6. The molecule has 0 atom stereocenters. The lowest BCUT2D eigenvalue weighted by Crippen LogP contribution is -2.29. The van der Waals surface area contributed by atoms with E-state index in [2.05, 4.69) is 30.4 Å². The van der Waals surface area contributed by atoms with E-state index in [1.807, 2.05) is 36.4 Å². The molecule has 0 bridgehead atoms. The second kappa shape index (κ2) is 8.88. The summed E-state index contributed by atoms with van der Waals surface area (Å²) in [4.78, 5) is 11.7. The van der Waals surface area contributed by atoms with Crippen molar-refractivity contribution >= 4 is 5.91 Å². The fourth-order valence-electron chi connectivity index (χ4n) is 2.22. The molecule has 0 fully saturated rings. The molecule has 0 saturated heterocycles. The van der Waals surface area contributed by atoms with Crippen molar-refractivity contribution in [3.05, 3.63) is 65.7 Å². The van der Waals surface area contributed by atoms with Gasteiger partial charge in [-0.25, -0.2) is 0 Å². The topological polar surface area (TPSA) is 38.3 Å². The van der Waals surface area contributed by atoms with E-state index in [0.717, 1.165) is 25.0 Å². The van der Waals surface area contributed by atoms with Crippen LogP contribution in [0.3, 0.4) is 0 Å². The van der Waals surface area contributed by atoms with Gasteiger partial charge in [0.15, 0.2) is 6.61 Å². The third-order valence-electron chi connectivity index (χ3n) is 3.48. The van der Waals surface area contributed by atoms with Gasteiger partial charge in [-0.1, -0.05) is 49.4 Å².